The average molecular weight is 301 g/mol. The van der Waals surface area contributed by atoms with Gasteiger partial charge in [0, 0.05) is 31.0 Å². The van der Waals surface area contributed by atoms with Gasteiger partial charge in [-0.2, -0.15) is 0 Å². The van der Waals surface area contributed by atoms with Gasteiger partial charge in [-0.25, -0.2) is 0 Å². The molecule has 4 nitrogen and oxygen atoms in total. The van der Waals surface area contributed by atoms with Crippen molar-refractivity contribution >= 4 is 11.6 Å². The fourth-order valence-corrected chi connectivity index (χ4v) is 3.80. The predicted molar refractivity (Wildman–Crippen MR) is 89.1 cm³/mol. The van der Waals surface area contributed by atoms with Crippen LogP contribution in [0.3, 0.4) is 0 Å². The zero-order valence-electron chi connectivity index (χ0n) is 13.6. The number of nitrogens with zero attached hydrogens (tertiary/aromatic N) is 2. The van der Waals surface area contributed by atoms with Crippen molar-refractivity contribution in [3.8, 4) is 0 Å². The maximum Gasteiger partial charge on any atom is 0.255 e. The molecule has 0 radical (unpaired) electrons. The highest BCUT2D eigenvalue weighted by Gasteiger charge is 2.26. The SMILES string of the molecule is CCC1CCCCN1C(=O)c1cncc(NC2CCCC2)c1. The highest BCUT2D eigenvalue weighted by Crippen LogP contribution is 2.24. The number of anilines is 1. The van der Waals surface area contributed by atoms with E-state index in [-0.39, 0.29) is 5.91 Å². The van der Waals surface area contributed by atoms with Crippen LogP contribution in [-0.2, 0) is 0 Å². The molecule has 1 atom stereocenters. The second kappa shape index (κ2) is 7.12. The van der Waals surface area contributed by atoms with Gasteiger partial charge < -0.3 is 10.2 Å². The summed E-state index contributed by atoms with van der Waals surface area (Å²) in [4.78, 5) is 19.2. The highest BCUT2D eigenvalue weighted by molar-refractivity contribution is 5.95. The molecular weight excluding hydrogens is 274 g/mol. The van der Waals surface area contributed by atoms with Crippen LogP contribution in [0.5, 0.6) is 0 Å². The van der Waals surface area contributed by atoms with E-state index in [1.807, 2.05) is 12.3 Å². The third-order valence-corrected chi connectivity index (χ3v) is 5.07. The van der Waals surface area contributed by atoms with Crippen LogP contribution in [0.4, 0.5) is 5.69 Å². The Balaban J connectivity index is 1.71. The van der Waals surface area contributed by atoms with E-state index in [4.69, 9.17) is 0 Å². The normalized spacial score (nSPS) is 22.8. The summed E-state index contributed by atoms with van der Waals surface area (Å²) in [6, 6.07) is 2.92. The molecule has 3 rings (SSSR count). The van der Waals surface area contributed by atoms with Gasteiger partial charge in [-0.3, -0.25) is 9.78 Å². The molecule has 2 aliphatic rings. The first-order chi connectivity index (χ1) is 10.8. The van der Waals surface area contributed by atoms with Crippen LogP contribution in [-0.4, -0.2) is 34.4 Å². The molecule has 1 aliphatic heterocycles. The maximum atomic E-state index is 12.8. The summed E-state index contributed by atoms with van der Waals surface area (Å²) >= 11 is 0. The largest absolute Gasteiger partial charge is 0.381 e. The predicted octanol–water partition coefficient (Wildman–Crippen LogP) is 3.84. The summed E-state index contributed by atoms with van der Waals surface area (Å²) in [6.07, 6.45) is 13.1. The molecule has 1 N–H and O–H groups in total. The number of hydrogen-bond acceptors (Lipinski definition) is 3. The lowest BCUT2D eigenvalue weighted by atomic mass is 9.99. The van der Waals surface area contributed by atoms with E-state index in [1.165, 1.54) is 32.1 Å². The monoisotopic (exact) mass is 301 g/mol. The van der Waals surface area contributed by atoms with Crippen molar-refractivity contribution < 1.29 is 4.79 Å². The minimum atomic E-state index is 0.147. The zero-order chi connectivity index (χ0) is 15.4. The number of hydrogen-bond donors (Lipinski definition) is 1. The molecule has 1 amide bonds. The number of likely N-dealkylation sites (tertiary alicyclic amines) is 1. The molecule has 4 heteroatoms. The summed E-state index contributed by atoms with van der Waals surface area (Å²) < 4.78 is 0. The molecular formula is C18H27N3O. The van der Waals surface area contributed by atoms with Gasteiger partial charge in [0.05, 0.1) is 11.3 Å². The van der Waals surface area contributed by atoms with E-state index in [0.29, 0.717) is 12.1 Å². The number of piperidine rings is 1. The Morgan fingerprint density at radius 1 is 1.23 bits per heavy atom. The first-order valence-corrected chi connectivity index (χ1v) is 8.80. The standard InChI is InChI=1S/C18H27N3O/c1-2-17-9-5-6-10-21(17)18(22)14-11-16(13-19-12-14)20-15-7-3-4-8-15/h11-13,15,17,20H,2-10H2,1H3. The first-order valence-electron chi connectivity index (χ1n) is 8.80. The van der Waals surface area contributed by atoms with Crippen LogP contribution in [0, 0.1) is 0 Å². The molecule has 1 aromatic heterocycles. The Labute approximate surface area is 133 Å². The number of pyridine rings is 1. The van der Waals surface area contributed by atoms with E-state index in [2.05, 4.69) is 22.1 Å². The molecule has 0 aromatic carbocycles. The summed E-state index contributed by atoms with van der Waals surface area (Å²) in [5.41, 5.74) is 1.71. The van der Waals surface area contributed by atoms with Gasteiger partial charge in [-0.1, -0.05) is 19.8 Å². The number of carbonyl (C=O) groups is 1. The average Bonchev–Trinajstić information content (AvgIpc) is 3.07. The second-order valence-electron chi connectivity index (χ2n) is 6.64. The molecule has 1 aliphatic carbocycles. The molecule has 22 heavy (non-hydrogen) atoms. The molecule has 2 fully saturated rings. The van der Waals surface area contributed by atoms with Gasteiger partial charge in [0.2, 0.25) is 0 Å². The van der Waals surface area contributed by atoms with Crippen LogP contribution in [0.25, 0.3) is 0 Å². The number of nitrogens with one attached hydrogen (secondary N) is 1. The number of rotatable bonds is 4. The van der Waals surface area contributed by atoms with E-state index >= 15 is 0 Å². The molecule has 1 saturated heterocycles. The van der Waals surface area contributed by atoms with Crippen LogP contribution < -0.4 is 5.32 Å². The van der Waals surface area contributed by atoms with E-state index in [1.54, 1.807) is 6.20 Å². The molecule has 0 spiro atoms. The van der Waals surface area contributed by atoms with Crippen molar-refractivity contribution in [1.29, 1.82) is 0 Å². The topological polar surface area (TPSA) is 45.2 Å². The van der Waals surface area contributed by atoms with E-state index < -0.39 is 0 Å². The quantitative estimate of drug-likeness (QED) is 0.919. The van der Waals surface area contributed by atoms with Crippen molar-refractivity contribution in [3.63, 3.8) is 0 Å². The van der Waals surface area contributed by atoms with Crippen LogP contribution >= 0.6 is 0 Å². The molecule has 0 bridgehead atoms. The fourth-order valence-electron chi connectivity index (χ4n) is 3.80. The number of amides is 1. The molecule has 2 heterocycles. The van der Waals surface area contributed by atoms with E-state index in [0.717, 1.165) is 37.1 Å². The summed E-state index contributed by atoms with van der Waals surface area (Å²) in [6.45, 7) is 3.06. The third-order valence-electron chi connectivity index (χ3n) is 5.07. The minimum absolute atomic E-state index is 0.147. The number of carbonyl (C=O) groups excluding carboxylic acids is 1. The third kappa shape index (κ3) is 3.42. The van der Waals surface area contributed by atoms with Crippen LogP contribution in [0.2, 0.25) is 0 Å². The van der Waals surface area contributed by atoms with Crippen molar-refractivity contribution in [1.82, 2.24) is 9.88 Å². The highest BCUT2D eigenvalue weighted by atomic mass is 16.2. The summed E-state index contributed by atoms with van der Waals surface area (Å²) in [5.74, 6) is 0.147. The van der Waals surface area contributed by atoms with Crippen molar-refractivity contribution in [3.05, 3.63) is 24.0 Å². The lowest BCUT2D eigenvalue weighted by Gasteiger charge is -2.35. The molecule has 1 unspecified atom stereocenters. The zero-order valence-corrected chi connectivity index (χ0v) is 13.6. The Hall–Kier alpha value is -1.58. The van der Waals surface area contributed by atoms with Gasteiger partial charge in [0.1, 0.15) is 0 Å². The van der Waals surface area contributed by atoms with Gasteiger partial charge >= 0.3 is 0 Å². The van der Waals surface area contributed by atoms with Gasteiger partial charge in [0.15, 0.2) is 0 Å². The van der Waals surface area contributed by atoms with Gasteiger partial charge in [-0.05, 0) is 44.6 Å². The summed E-state index contributed by atoms with van der Waals surface area (Å²) in [5, 5.41) is 3.53. The van der Waals surface area contributed by atoms with Gasteiger partial charge in [0.25, 0.3) is 5.91 Å². The van der Waals surface area contributed by atoms with Crippen molar-refractivity contribution in [2.75, 3.05) is 11.9 Å². The summed E-state index contributed by atoms with van der Waals surface area (Å²) in [7, 11) is 0. The Morgan fingerprint density at radius 3 is 2.77 bits per heavy atom. The number of aromatic nitrogens is 1. The lowest BCUT2D eigenvalue weighted by Crippen LogP contribution is -2.43. The smallest absolute Gasteiger partial charge is 0.255 e. The Morgan fingerprint density at radius 2 is 2.00 bits per heavy atom. The molecule has 1 saturated carbocycles. The fraction of sp³-hybridized carbons (Fsp3) is 0.667. The Bertz CT molecular complexity index is 511. The van der Waals surface area contributed by atoms with Crippen LogP contribution in [0.15, 0.2) is 18.5 Å². The second-order valence-corrected chi connectivity index (χ2v) is 6.64. The Kier molecular flexibility index (Phi) is 4.96. The molecule has 120 valence electrons. The minimum Gasteiger partial charge on any atom is -0.381 e. The maximum absolute atomic E-state index is 12.8. The van der Waals surface area contributed by atoms with Gasteiger partial charge in [-0.15, -0.1) is 0 Å². The van der Waals surface area contributed by atoms with Crippen molar-refractivity contribution in [2.24, 2.45) is 0 Å². The van der Waals surface area contributed by atoms with E-state index in [9.17, 15) is 4.79 Å². The van der Waals surface area contributed by atoms with Crippen molar-refractivity contribution in [2.45, 2.75) is 70.4 Å². The molecule has 1 aromatic rings. The van der Waals surface area contributed by atoms with Crippen LogP contribution in [0.1, 0.15) is 68.6 Å². The lowest BCUT2D eigenvalue weighted by molar-refractivity contribution is 0.0607. The first kappa shape index (κ1) is 15.3.